The van der Waals surface area contributed by atoms with Crippen LogP contribution < -0.4 is 11.1 Å². The number of nitrogens with zero attached hydrogens (tertiary/aromatic N) is 4. The van der Waals surface area contributed by atoms with E-state index in [1.54, 1.807) is 0 Å². The molecule has 3 aliphatic rings. The second kappa shape index (κ2) is 15.3. The molecule has 11 heteroatoms. The highest BCUT2D eigenvalue weighted by Crippen LogP contribution is 2.50. The summed E-state index contributed by atoms with van der Waals surface area (Å²) in [6.45, 7) is 9.75. The number of rotatable bonds is 11. The number of piperidine rings is 1. The van der Waals surface area contributed by atoms with Crippen LogP contribution in [0.25, 0.3) is 44.5 Å². The summed E-state index contributed by atoms with van der Waals surface area (Å²) in [5, 5.41) is 3.06. The van der Waals surface area contributed by atoms with Gasteiger partial charge in [-0.2, -0.15) is 0 Å². The van der Waals surface area contributed by atoms with Crippen LogP contribution in [-0.2, 0) is 9.53 Å². The number of H-pyrrole nitrogens is 2. The normalized spacial score (nSPS) is 22.2. The fourth-order valence-electron chi connectivity index (χ4n) is 9.07. The van der Waals surface area contributed by atoms with Crippen molar-refractivity contribution in [1.29, 1.82) is 0 Å². The highest BCUT2D eigenvalue weighted by atomic mass is 16.5. The van der Waals surface area contributed by atoms with Gasteiger partial charge in [-0.05, 0) is 89.8 Å². The summed E-state index contributed by atoms with van der Waals surface area (Å²) in [6, 6.07) is 23.8. The van der Waals surface area contributed by atoms with E-state index in [1.807, 2.05) is 24.9 Å². The molecule has 2 saturated heterocycles. The predicted octanol–water partition coefficient (Wildman–Crippen LogP) is 7.84. The van der Waals surface area contributed by atoms with Gasteiger partial charge >= 0.3 is 6.09 Å². The van der Waals surface area contributed by atoms with Crippen molar-refractivity contribution in [3.8, 4) is 33.5 Å². The molecule has 1 aliphatic carbocycles. The molecule has 4 heterocycles. The molecule has 8 rings (SSSR count). The molecular weight excluding hydrogens is 689 g/mol. The minimum absolute atomic E-state index is 0.000620. The number of carbonyl (C=O) groups is 2. The number of nitrogens with one attached hydrogen (secondary N) is 3. The third-order valence-corrected chi connectivity index (χ3v) is 12.4. The Morgan fingerprint density at radius 2 is 1.55 bits per heavy atom. The van der Waals surface area contributed by atoms with Crippen LogP contribution in [0.3, 0.4) is 0 Å². The van der Waals surface area contributed by atoms with Crippen LogP contribution in [0.1, 0.15) is 83.5 Å². The first-order valence-electron chi connectivity index (χ1n) is 20.0. The number of alkyl carbamates (subject to hydrolysis) is 1. The summed E-state index contributed by atoms with van der Waals surface area (Å²) in [5.74, 6) is 2.78. The number of aromatic nitrogens is 4. The molecule has 2 bridgehead atoms. The van der Waals surface area contributed by atoms with E-state index in [9.17, 15) is 9.59 Å². The van der Waals surface area contributed by atoms with Gasteiger partial charge in [-0.1, -0.05) is 82.3 Å². The van der Waals surface area contributed by atoms with Crippen LogP contribution in [0.2, 0.25) is 0 Å². The van der Waals surface area contributed by atoms with Gasteiger partial charge in [-0.3, -0.25) is 9.69 Å². The average molecular weight is 743 g/mol. The zero-order valence-corrected chi connectivity index (χ0v) is 32.6. The third kappa shape index (κ3) is 7.27. The molecule has 6 atom stereocenters. The number of imidazole rings is 2. The number of hydrogen-bond donors (Lipinski definition) is 4. The first-order chi connectivity index (χ1) is 26.6. The molecule has 5 N–H and O–H groups in total. The van der Waals surface area contributed by atoms with E-state index in [2.05, 4.69) is 101 Å². The molecule has 2 aromatic heterocycles. The second-order valence-corrected chi connectivity index (χ2v) is 16.5. The first-order valence-corrected chi connectivity index (χ1v) is 20.0. The largest absolute Gasteiger partial charge is 0.453 e. The Hall–Kier alpha value is -5.00. The quantitative estimate of drug-likeness (QED) is 0.108. The van der Waals surface area contributed by atoms with Crippen molar-refractivity contribution in [2.24, 2.45) is 23.5 Å². The van der Waals surface area contributed by atoms with Gasteiger partial charge in [0.05, 0.1) is 48.2 Å². The fourth-order valence-corrected chi connectivity index (χ4v) is 9.07. The molecule has 0 radical (unpaired) electrons. The van der Waals surface area contributed by atoms with E-state index >= 15 is 0 Å². The number of benzene rings is 3. The predicted molar refractivity (Wildman–Crippen MR) is 216 cm³/mol. The fraction of sp³-hybridized carbons (Fsp3) is 0.455. The molecule has 0 spiro atoms. The summed E-state index contributed by atoms with van der Waals surface area (Å²) in [7, 11) is 1.42. The second-order valence-electron chi connectivity index (χ2n) is 16.5. The van der Waals surface area contributed by atoms with E-state index in [0.29, 0.717) is 18.5 Å². The van der Waals surface area contributed by atoms with Gasteiger partial charge in [-0.15, -0.1) is 0 Å². The Morgan fingerprint density at radius 1 is 0.873 bits per heavy atom. The van der Waals surface area contributed by atoms with Gasteiger partial charge in [0.1, 0.15) is 11.6 Å². The van der Waals surface area contributed by atoms with Crippen LogP contribution in [0.15, 0.2) is 72.9 Å². The smallest absolute Gasteiger partial charge is 0.407 e. The van der Waals surface area contributed by atoms with Crippen molar-refractivity contribution in [1.82, 2.24) is 35.1 Å². The molecule has 2 aliphatic heterocycles. The summed E-state index contributed by atoms with van der Waals surface area (Å²) in [4.78, 5) is 46.7. The lowest BCUT2D eigenvalue weighted by Gasteiger charge is -2.37. The van der Waals surface area contributed by atoms with Crippen LogP contribution in [0.5, 0.6) is 0 Å². The zero-order chi connectivity index (χ0) is 38.4. The maximum Gasteiger partial charge on any atom is 0.407 e. The van der Waals surface area contributed by atoms with E-state index in [4.69, 9.17) is 20.4 Å². The molecule has 2 amide bonds. The molecular formula is C44H54N8O3. The molecule has 288 valence electrons. The van der Waals surface area contributed by atoms with E-state index in [-0.39, 0.29) is 42.0 Å². The van der Waals surface area contributed by atoms with Crippen LogP contribution in [0, 0.1) is 17.8 Å². The zero-order valence-electron chi connectivity index (χ0n) is 32.6. The van der Waals surface area contributed by atoms with Crippen LogP contribution in [0.4, 0.5) is 4.79 Å². The topological polar surface area (TPSA) is 145 Å². The summed E-state index contributed by atoms with van der Waals surface area (Å²) in [5.41, 5.74) is 14.7. The van der Waals surface area contributed by atoms with Crippen molar-refractivity contribution < 1.29 is 14.3 Å². The van der Waals surface area contributed by atoms with Gasteiger partial charge in [0.25, 0.3) is 0 Å². The number of ether oxygens (including phenoxy) is 1. The number of likely N-dealkylation sites (tertiary alicyclic amines) is 2. The van der Waals surface area contributed by atoms with Gasteiger partial charge in [-0.25, -0.2) is 14.8 Å². The van der Waals surface area contributed by atoms with Crippen molar-refractivity contribution in [3.63, 3.8) is 0 Å². The molecule has 3 aromatic carbocycles. The minimum atomic E-state index is -0.500. The molecule has 3 fully saturated rings. The summed E-state index contributed by atoms with van der Waals surface area (Å²) < 4.78 is 4.92. The lowest BCUT2D eigenvalue weighted by atomic mass is 9.96. The van der Waals surface area contributed by atoms with E-state index in [0.717, 1.165) is 75.6 Å². The Bertz CT molecular complexity index is 2140. The molecule has 5 aromatic rings. The molecule has 11 nitrogen and oxygen atoms in total. The van der Waals surface area contributed by atoms with Crippen molar-refractivity contribution in [2.45, 2.75) is 90.0 Å². The van der Waals surface area contributed by atoms with Crippen molar-refractivity contribution in [2.75, 3.05) is 20.2 Å². The van der Waals surface area contributed by atoms with Gasteiger partial charge in [0.2, 0.25) is 5.91 Å². The van der Waals surface area contributed by atoms with E-state index in [1.165, 1.54) is 26.4 Å². The number of nitrogens with two attached hydrogens (primary N) is 1. The Labute approximate surface area is 323 Å². The van der Waals surface area contributed by atoms with Crippen LogP contribution >= 0.6 is 0 Å². The number of amides is 2. The van der Waals surface area contributed by atoms with Crippen molar-refractivity contribution >= 4 is 23.0 Å². The number of hydrogen-bond acceptors (Lipinski definition) is 7. The lowest BCUT2D eigenvalue weighted by molar-refractivity contribution is -0.134. The average Bonchev–Trinajstić information content (AvgIpc) is 4.05. The number of fused-ring (bicyclic) bond motifs is 3. The van der Waals surface area contributed by atoms with Gasteiger partial charge in [0, 0.05) is 25.2 Å². The Balaban J connectivity index is 0.945. The first kappa shape index (κ1) is 36.9. The lowest BCUT2D eigenvalue weighted by Crippen LogP contribution is -2.49. The number of methoxy groups -OCH3 is 1. The maximum atomic E-state index is 13.1. The Morgan fingerprint density at radius 3 is 2.22 bits per heavy atom. The number of aromatic amines is 2. The standard InChI is InChI=1S/C44H54N8O3/c1-25(2)37(50-44(54)55-5)24-52-33-18-16-32(21-33)40(52)42-46-23-36(49-42)30-14-12-28(13-15-30)27-8-10-29(11-9-27)31-17-19-34-35(22-31)48-41(47-34)38-7-6-20-51(38)43(53)39(45)26(3)4/h8-15,17,19,22-23,25-26,32-33,37-40H,6-7,16,18,20-21,24,45H2,1-5H3,(H,46,49)(H,47,48)(H,50,54). The highest BCUT2D eigenvalue weighted by Gasteiger charge is 2.48. The van der Waals surface area contributed by atoms with Gasteiger partial charge < -0.3 is 30.7 Å². The van der Waals surface area contributed by atoms with Gasteiger partial charge in [0.15, 0.2) is 0 Å². The highest BCUT2D eigenvalue weighted by molar-refractivity contribution is 5.84. The monoisotopic (exact) mass is 742 g/mol. The minimum Gasteiger partial charge on any atom is -0.453 e. The summed E-state index contributed by atoms with van der Waals surface area (Å²) >= 11 is 0. The van der Waals surface area contributed by atoms with Crippen molar-refractivity contribution in [3.05, 3.63) is 84.6 Å². The molecule has 6 unspecified atom stereocenters. The molecule has 1 saturated carbocycles. The van der Waals surface area contributed by atoms with Crippen LogP contribution in [-0.4, -0.2) is 80.1 Å². The van der Waals surface area contributed by atoms with E-state index < -0.39 is 6.04 Å². The maximum absolute atomic E-state index is 13.1. The number of carbonyl (C=O) groups excluding carboxylic acids is 2. The Kier molecular flexibility index (Phi) is 10.3. The third-order valence-electron chi connectivity index (χ3n) is 12.4. The summed E-state index contributed by atoms with van der Waals surface area (Å²) in [6.07, 6.45) is 6.99. The molecule has 55 heavy (non-hydrogen) atoms. The SMILES string of the molecule is COC(=O)NC(CN1C2CCC(C2)C1c1ncc(-c2ccc(-c3ccc(-c4ccc5nc(C6CCCN6C(=O)C(N)C(C)C)[nH]c5c4)cc3)cc2)[nH]1)C(C)C.